The lowest BCUT2D eigenvalue weighted by molar-refractivity contribution is 0.436. The SMILES string of the molecule is c1ccc(-c2ccc(C3=NC(c4cccc(-c5ccc6c(c5)C5(c7ccccc7Oc7ccccc75)c5cc7ccccc7cc5-6)c4)=NC(c4ccccc4)N3)cc2)cc1. The summed E-state index contributed by atoms with van der Waals surface area (Å²) in [6.07, 6.45) is -0.298. The highest BCUT2D eigenvalue weighted by Gasteiger charge is 2.51. The van der Waals surface area contributed by atoms with Gasteiger partial charge in [0.15, 0.2) is 5.84 Å². The fourth-order valence-electron chi connectivity index (χ4n) is 9.58. The summed E-state index contributed by atoms with van der Waals surface area (Å²) in [5.74, 6) is 3.25. The standard InChI is InChI=1S/C56H37N3O/c1-3-14-36(15-4-1)37-26-28-39(29-27-37)54-57-53(38-16-5-2-6-17-38)58-55(59-54)44-21-13-20-40(32-44)43-30-31-45-46-33-41-18-7-8-19-42(41)34-50(46)56(49(45)35-43)47-22-9-11-24-51(47)60-52-25-12-10-23-48(52)56/h1-35,53H,(H,57,58,59). The van der Waals surface area contributed by atoms with Gasteiger partial charge in [0.2, 0.25) is 0 Å². The summed E-state index contributed by atoms with van der Waals surface area (Å²) < 4.78 is 6.66. The Bertz CT molecular complexity index is 3160. The lowest BCUT2D eigenvalue weighted by Crippen LogP contribution is -2.33. The van der Waals surface area contributed by atoms with E-state index >= 15 is 0 Å². The average molecular weight is 768 g/mol. The number of hydrogen-bond acceptors (Lipinski definition) is 4. The number of nitrogens with one attached hydrogen (secondary N) is 1. The van der Waals surface area contributed by atoms with Crippen molar-refractivity contribution < 1.29 is 4.74 Å². The lowest BCUT2D eigenvalue weighted by Gasteiger charge is -2.39. The number of benzene rings is 9. The van der Waals surface area contributed by atoms with E-state index in [-0.39, 0.29) is 6.17 Å². The molecule has 1 atom stereocenters. The zero-order valence-electron chi connectivity index (χ0n) is 32.6. The molecule has 0 bridgehead atoms. The smallest absolute Gasteiger partial charge is 0.159 e. The lowest BCUT2D eigenvalue weighted by atomic mass is 9.65. The van der Waals surface area contributed by atoms with Crippen LogP contribution in [-0.2, 0) is 5.41 Å². The molecule has 0 aromatic heterocycles. The molecule has 1 unspecified atom stereocenters. The Hall–Kier alpha value is -7.82. The molecule has 282 valence electrons. The van der Waals surface area contributed by atoms with Crippen LogP contribution in [0, 0.1) is 0 Å². The quantitative estimate of drug-likeness (QED) is 0.190. The largest absolute Gasteiger partial charge is 0.457 e. The van der Waals surface area contributed by atoms with Crippen LogP contribution in [0.4, 0.5) is 0 Å². The number of amidine groups is 2. The van der Waals surface area contributed by atoms with Gasteiger partial charge in [-0.2, -0.15) is 0 Å². The maximum absolute atomic E-state index is 6.66. The number of ether oxygens (including phenoxy) is 1. The number of para-hydroxylation sites is 2. The average Bonchev–Trinajstić information content (AvgIpc) is 3.60. The van der Waals surface area contributed by atoms with Gasteiger partial charge in [0.05, 0.1) is 5.41 Å². The molecule has 0 radical (unpaired) electrons. The minimum absolute atomic E-state index is 0.298. The summed E-state index contributed by atoms with van der Waals surface area (Å²) in [5.41, 5.74) is 14.4. The molecule has 2 heterocycles. The van der Waals surface area contributed by atoms with Crippen molar-refractivity contribution >= 4 is 22.4 Å². The highest BCUT2D eigenvalue weighted by molar-refractivity contribution is 6.13. The zero-order valence-corrected chi connectivity index (χ0v) is 32.6. The third-order valence-electron chi connectivity index (χ3n) is 12.4. The summed E-state index contributed by atoms with van der Waals surface area (Å²) in [6.45, 7) is 0. The van der Waals surface area contributed by atoms with Crippen molar-refractivity contribution in [2.75, 3.05) is 0 Å². The Balaban J connectivity index is 1.00. The van der Waals surface area contributed by atoms with E-state index < -0.39 is 5.41 Å². The highest BCUT2D eigenvalue weighted by Crippen LogP contribution is 2.62. The maximum atomic E-state index is 6.66. The number of nitrogens with zero attached hydrogens (tertiary/aromatic N) is 2. The first-order valence-corrected chi connectivity index (χ1v) is 20.5. The molecule has 3 aliphatic rings. The maximum Gasteiger partial charge on any atom is 0.159 e. The van der Waals surface area contributed by atoms with E-state index in [0.717, 1.165) is 61.8 Å². The van der Waals surface area contributed by atoms with Crippen LogP contribution in [0.2, 0.25) is 0 Å². The molecule has 1 spiro atoms. The zero-order chi connectivity index (χ0) is 39.6. The van der Waals surface area contributed by atoms with Gasteiger partial charge in [-0.25, -0.2) is 9.98 Å². The molecule has 9 aromatic carbocycles. The molecular formula is C56H37N3O. The van der Waals surface area contributed by atoms with Gasteiger partial charge in [-0.3, -0.25) is 0 Å². The van der Waals surface area contributed by atoms with Crippen molar-refractivity contribution in [3.05, 3.63) is 251 Å². The van der Waals surface area contributed by atoms with Crippen LogP contribution in [0.3, 0.4) is 0 Å². The van der Waals surface area contributed by atoms with Crippen LogP contribution in [-0.4, -0.2) is 11.7 Å². The second-order valence-electron chi connectivity index (χ2n) is 15.7. The van der Waals surface area contributed by atoms with Gasteiger partial charge < -0.3 is 10.1 Å². The number of rotatable bonds is 5. The molecule has 0 amide bonds. The van der Waals surface area contributed by atoms with Crippen molar-refractivity contribution in [3.63, 3.8) is 0 Å². The minimum Gasteiger partial charge on any atom is -0.457 e. The van der Waals surface area contributed by atoms with E-state index in [2.05, 4.69) is 206 Å². The van der Waals surface area contributed by atoms with Gasteiger partial charge in [-0.1, -0.05) is 176 Å². The van der Waals surface area contributed by atoms with Crippen molar-refractivity contribution in [3.8, 4) is 44.9 Å². The van der Waals surface area contributed by atoms with Gasteiger partial charge in [-0.15, -0.1) is 0 Å². The summed E-state index contributed by atoms with van der Waals surface area (Å²) in [5, 5.41) is 6.09. The molecule has 2 aliphatic heterocycles. The molecular weight excluding hydrogens is 731 g/mol. The Morgan fingerprint density at radius 1 is 0.400 bits per heavy atom. The fourth-order valence-corrected chi connectivity index (χ4v) is 9.58. The van der Waals surface area contributed by atoms with Gasteiger partial charge in [0, 0.05) is 22.3 Å². The van der Waals surface area contributed by atoms with Crippen LogP contribution in [0.15, 0.2) is 222 Å². The first-order chi connectivity index (χ1) is 29.7. The van der Waals surface area contributed by atoms with Crippen LogP contribution in [0.5, 0.6) is 11.5 Å². The van der Waals surface area contributed by atoms with Crippen LogP contribution >= 0.6 is 0 Å². The van der Waals surface area contributed by atoms with E-state index in [4.69, 9.17) is 14.7 Å². The molecule has 1 N–H and O–H groups in total. The topological polar surface area (TPSA) is 46.0 Å². The van der Waals surface area contributed by atoms with Gasteiger partial charge in [-0.05, 0) is 97.2 Å². The monoisotopic (exact) mass is 767 g/mol. The molecule has 9 aromatic rings. The van der Waals surface area contributed by atoms with E-state index in [9.17, 15) is 0 Å². The Morgan fingerprint density at radius 3 is 1.70 bits per heavy atom. The molecule has 4 heteroatoms. The normalized spacial score (nSPS) is 15.4. The van der Waals surface area contributed by atoms with E-state index in [1.54, 1.807) is 0 Å². The Kier molecular flexibility index (Phi) is 7.79. The summed E-state index contributed by atoms with van der Waals surface area (Å²) in [6, 6.07) is 75.7. The Labute approximate surface area is 348 Å². The second kappa shape index (κ2) is 13.6. The predicted molar refractivity (Wildman–Crippen MR) is 244 cm³/mol. The molecule has 1 aliphatic carbocycles. The highest BCUT2D eigenvalue weighted by atomic mass is 16.5. The summed E-state index contributed by atoms with van der Waals surface area (Å²) in [4.78, 5) is 10.4. The number of hydrogen-bond donors (Lipinski definition) is 1. The van der Waals surface area contributed by atoms with Crippen LogP contribution < -0.4 is 10.1 Å². The number of fused-ring (bicyclic) bond motifs is 10. The van der Waals surface area contributed by atoms with Crippen molar-refractivity contribution in [2.45, 2.75) is 11.6 Å². The van der Waals surface area contributed by atoms with E-state index in [0.29, 0.717) is 5.84 Å². The summed E-state index contributed by atoms with van der Waals surface area (Å²) in [7, 11) is 0. The molecule has 0 saturated carbocycles. The predicted octanol–water partition coefficient (Wildman–Crippen LogP) is 13.1. The van der Waals surface area contributed by atoms with E-state index in [1.807, 2.05) is 12.1 Å². The van der Waals surface area contributed by atoms with Gasteiger partial charge in [0.25, 0.3) is 0 Å². The molecule has 60 heavy (non-hydrogen) atoms. The Morgan fingerprint density at radius 2 is 0.950 bits per heavy atom. The summed E-state index contributed by atoms with van der Waals surface area (Å²) >= 11 is 0. The molecule has 12 rings (SSSR count). The van der Waals surface area contributed by atoms with Gasteiger partial charge in [0.1, 0.15) is 23.5 Å². The molecule has 4 nitrogen and oxygen atoms in total. The fraction of sp³-hybridized carbons (Fsp3) is 0.0357. The van der Waals surface area contributed by atoms with Crippen molar-refractivity contribution in [1.82, 2.24) is 5.32 Å². The minimum atomic E-state index is -0.578. The number of aliphatic imine (C=N–C) groups is 2. The van der Waals surface area contributed by atoms with Crippen LogP contribution in [0.1, 0.15) is 45.1 Å². The molecule has 0 fully saturated rings. The van der Waals surface area contributed by atoms with E-state index in [1.165, 1.54) is 38.6 Å². The van der Waals surface area contributed by atoms with Gasteiger partial charge >= 0.3 is 0 Å². The molecule has 0 saturated heterocycles. The van der Waals surface area contributed by atoms with Crippen molar-refractivity contribution in [1.29, 1.82) is 0 Å². The van der Waals surface area contributed by atoms with Crippen molar-refractivity contribution in [2.24, 2.45) is 9.98 Å². The van der Waals surface area contributed by atoms with Crippen LogP contribution in [0.25, 0.3) is 44.2 Å². The first kappa shape index (κ1) is 34.2. The first-order valence-electron chi connectivity index (χ1n) is 20.5. The third kappa shape index (κ3) is 5.38. The second-order valence-corrected chi connectivity index (χ2v) is 15.7. The third-order valence-corrected chi connectivity index (χ3v) is 12.4.